The second kappa shape index (κ2) is 5.15. The van der Waals surface area contributed by atoms with Gasteiger partial charge in [-0.15, -0.1) is 0 Å². The van der Waals surface area contributed by atoms with Crippen LogP contribution in [0.2, 0.25) is 5.02 Å². The number of halogens is 1. The van der Waals surface area contributed by atoms with Crippen molar-refractivity contribution in [3.8, 4) is 5.88 Å². The Morgan fingerprint density at radius 1 is 1.14 bits per heavy atom. The van der Waals surface area contributed by atoms with Crippen LogP contribution in [0.15, 0.2) is 12.3 Å². The molecule has 0 saturated carbocycles. The van der Waals surface area contributed by atoms with E-state index in [-0.39, 0.29) is 16.8 Å². The molecule has 0 spiro atoms. The lowest BCUT2D eigenvalue weighted by molar-refractivity contribution is 0.00578. The van der Waals surface area contributed by atoms with E-state index in [4.69, 9.17) is 25.6 Å². The molecule has 2 rings (SSSR count). The summed E-state index contributed by atoms with van der Waals surface area (Å²) >= 11 is 6.26. The van der Waals surface area contributed by atoms with Crippen LogP contribution >= 0.6 is 11.6 Å². The topological polar surface area (TPSA) is 40.6 Å². The molecule has 0 radical (unpaired) electrons. The molecule has 0 amide bonds. The Morgan fingerprint density at radius 2 is 1.67 bits per heavy atom. The van der Waals surface area contributed by atoms with Crippen molar-refractivity contribution in [2.45, 2.75) is 65.3 Å². The van der Waals surface area contributed by atoms with Gasteiger partial charge in [0.25, 0.3) is 0 Å². The van der Waals surface area contributed by atoms with Gasteiger partial charge in [-0.25, -0.2) is 4.98 Å². The summed E-state index contributed by atoms with van der Waals surface area (Å²) in [6, 6.07) is 1.79. The predicted octanol–water partition coefficient (Wildman–Crippen LogP) is 3.21. The molecule has 0 aromatic carbocycles. The van der Waals surface area contributed by atoms with Crippen molar-refractivity contribution >= 4 is 24.2 Å². The first-order chi connectivity index (χ1) is 9.41. The molecule has 0 atom stereocenters. The van der Waals surface area contributed by atoms with Gasteiger partial charge in [0.05, 0.1) is 11.2 Å². The smallest absolute Gasteiger partial charge is 0.471 e. The highest BCUT2D eigenvalue weighted by molar-refractivity contribution is 6.62. The number of nitrogens with zero attached hydrogens (tertiary/aromatic N) is 1. The first-order valence-electron chi connectivity index (χ1n) is 7.11. The van der Waals surface area contributed by atoms with Gasteiger partial charge in [0, 0.05) is 11.7 Å². The Morgan fingerprint density at radius 3 is 2.10 bits per heavy atom. The predicted molar refractivity (Wildman–Crippen MR) is 85.3 cm³/mol. The van der Waals surface area contributed by atoms with Crippen LogP contribution in [0.25, 0.3) is 0 Å². The summed E-state index contributed by atoms with van der Waals surface area (Å²) in [5.41, 5.74) is -0.322. The highest BCUT2D eigenvalue weighted by Crippen LogP contribution is 2.36. The molecule has 1 aliphatic heterocycles. The van der Waals surface area contributed by atoms with Gasteiger partial charge in [0.2, 0.25) is 5.88 Å². The quantitative estimate of drug-likeness (QED) is 0.786. The SMILES string of the molecule is CC(C)(C)Oc1ncc(B2OC(C)(C)C(C)(C)O2)cc1Cl. The average Bonchev–Trinajstić information content (AvgIpc) is 2.49. The van der Waals surface area contributed by atoms with Gasteiger partial charge in [-0.3, -0.25) is 0 Å². The average molecular weight is 312 g/mol. The molecule has 0 unspecified atom stereocenters. The maximum absolute atomic E-state index is 6.26. The van der Waals surface area contributed by atoms with Crippen molar-refractivity contribution in [2.24, 2.45) is 0 Å². The van der Waals surface area contributed by atoms with Crippen molar-refractivity contribution in [1.29, 1.82) is 0 Å². The van der Waals surface area contributed by atoms with Crippen LogP contribution in [-0.4, -0.2) is 28.9 Å². The molecular formula is C15H23BClNO3. The zero-order chi connectivity index (χ0) is 16.1. The van der Waals surface area contributed by atoms with E-state index in [0.717, 1.165) is 5.46 Å². The lowest BCUT2D eigenvalue weighted by Gasteiger charge is -2.32. The Kier molecular flexibility index (Phi) is 4.07. The van der Waals surface area contributed by atoms with Crippen LogP contribution in [0.3, 0.4) is 0 Å². The fourth-order valence-corrected chi connectivity index (χ4v) is 2.13. The normalized spacial score (nSPS) is 20.7. The fraction of sp³-hybridized carbons (Fsp3) is 0.667. The third kappa shape index (κ3) is 3.53. The standard InChI is InChI=1S/C15H23BClNO3/c1-13(2,3)19-12-11(17)8-10(9-18-12)16-20-14(4,5)15(6,7)21-16/h8-9H,1-7H3. The Hall–Kier alpha value is -0.775. The van der Waals surface area contributed by atoms with Crippen molar-refractivity contribution in [1.82, 2.24) is 4.98 Å². The summed E-state index contributed by atoms with van der Waals surface area (Å²) in [5, 5.41) is 0.456. The van der Waals surface area contributed by atoms with Gasteiger partial charge in [-0.2, -0.15) is 0 Å². The van der Waals surface area contributed by atoms with Crippen LogP contribution in [0.1, 0.15) is 48.5 Å². The van der Waals surface area contributed by atoms with Crippen LogP contribution in [-0.2, 0) is 9.31 Å². The lowest BCUT2D eigenvalue weighted by atomic mass is 9.80. The summed E-state index contributed by atoms with van der Waals surface area (Å²) < 4.78 is 17.7. The maximum atomic E-state index is 6.26. The van der Waals surface area contributed by atoms with E-state index in [9.17, 15) is 0 Å². The Bertz CT molecular complexity index is 524. The Balaban J connectivity index is 2.22. The minimum absolute atomic E-state index is 0.345. The molecule has 116 valence electrons. The molecule has 0 aliphatic carbocycles. The van der Waals surface area contributed by atoms with Crippen molar-refractivity contribution in [2.75, 3.05) is 0 Å². The van der Waals surface area contributed by atoms with Crippen LogP contribution < -0.4 is 10.2 Å². The number of hydrogen-bond acceptors (Lipinski definition) is 4. The zero-order valence-electron chi connectivity index (χ0n) is 13.8. The van der Waals surface area contributed by atoms with E-state index in [1.54, 1.807) is 12.3 Å². The molecule has 1 aliphatic rings. The van der Waals surface area contributed by atoms with Crippen LogP contribution in [0.4, 0.5) is 0 Å². The zero-order valence-corrected chi connectivity index (χ0v) is 14.5. The summed E-state index contributed by atoms with van der Waals surface area (Å²) in [4.78, 5) is 4.29. The van der Waals surface area contributed by atoms with Crippen LogP contribution in [0.5, 0.6) is 5.88 Å². The summed E-state index contributed by atoms with van der Waals surface area (Å²) in [5.74, 6) is 0.421. The fourth-order valence-electron chi connectivity index (χ4n) is 1.91. The molecule has 2 heterocycles. The number of hydrogen-bond donors (Lipinski definition) is 0. The summed E-state index contributed by atoms with van der Waals surface area (Å²) in [6.07, 6.45) is 1.69. The molecule has 6 heteroatoms. The first kappa shape index (κ1) is 16.6. The summed E-state index contributed by atoms with van der Waals surface area (Å²) in [6.45, 7) is 13.9. The van der Waals surface area contributed by atoms with Gasteiger partial charge in [-0.1, -0.05) is 11.6 Å². The molecule has 0 N–H and O–H groups in total. The van der Waals surface area contributed by atoms with E-state index in [0.29, 0.717) is 10.9 Å². The molecule has 0 bridgehead atoms. The molecule has 1 fully saturated rings. The monoisotopic (exact) mass is 311 g/mol. The molecular weight excluding hydrogens is 288 g/mol. The van der Waals surface area contributed by atoms with Gasteiger partial charge in [0.1, 0.15) is 10.6 Å². The van der Waals surface area contributed by atoms with Crippen molar-refractivity contribution < 1.29 is 14.0 Å². The molecule has 1 aromatic heterocycles. The minimum atomic E-state index is -0.469. The first-order valence-corrected chi connectivity index (χ1v) is 7.49. The summed E-state index contributed by atoms with van der Waals surface area (Å²) in [7, 11) is -0.469. The number of pyridine rings is 1. The molecule has 1 aromatic rings. The van der Waals surface area contributed by atoms with E-state index in [1.165, 1.54) is 0 Å². The van der Waals surface area contributed by atoms with E-state index in [2.05, 4.69) is 4.98 Å². The molecule has 21 heavy (non-hydrogen) atoms. The van der Waals surface area contributed by atoms with Crippen molar-refractivity contribution in [3.05, 3.63) is 17.3 Å². The van der Waals surface area contributed by atoms with Gasteiger partial charge in [-0.05, 0) is 54.5 Å². The van der Waals surface area contributed by atoms with Crippen LogP contribution in [0, 0.1) is 0 Å². The number of ether oxygens (including phenoxy) is 1. The van der Waals surface area contributed by atoms with E-state index >= 15 is 0 Å². The lowest BCUT2D eigenvalue weighted by Crippen LogP contribution is -2.41. The highest BCUT2D eigenvalue weighted by atomic mass is 35.5. The number of aromatic nitrogens is 1. The van der Waals surface area contributed by atoms with Gasteiger partial charge >= 0.3 is 7.12 Å². The van der Waals surface area contributed by atoms with Crippen molar-refractivity contribution in [3.63, 3.8) is 0 Å². The largest absolute Gasteiger partial charge is 0.496 e. The second-order valence-corrected chi connectivity index (χ2v) is 7.77. The van der Waals surface area contributed by atoms with E-state index in [1.807, 2.05) is 48.5 Å². The third-order valence-electron chi connectivity index (χ3n) is 3.76. The Labute approximate surface area is 132 Å². The highest BCUT2D eigenvalue weighted by Gasteiger charge is 2.51. The number of rotatable bonds is 2. The van der Waals surface area contributed by atoms with Gasteiger partial charge < -0.3 is 14.0 Å². The van der Waals surface area contributed by atoms with E-state index < -0.39 is 7.12 Å². The second-order valence-electron chi connectivity index (χ2n) is 7.36. The maximum Gasteiger partial charge on any atom is 0.496 e. The molecule has 1 saturated heterocycles. The minimum Gasteiger partial charge on any atom is -0.471 e. The molecule has 4 nitrogen and oxygen atoms in total. The van der Waals surface area contributed by atoms with Gasteiger partial charge in [0.15, 0.2) is 0 Å². The third-order valence-corrected chi connectivity index (χ3v) is 4.03.